The van der Waals surface area contributed by atoms with Crippen LogP contribution in [0.15, 0.2) is 28.0 Å². The summed E-state index contributed by atoms with van der Waals surface area (Å²) in [6.45, 7) is 1.52. The van der Waals surface area contributed by atoms with E-state index in [9.17, 15) is 13.2 Å². The number of sulfonamides is 1. The highest BCUT2D eigenvalue weighted by atomic mass is 32.2. The highest BCUT2D eigenvalue weighted by molar-refractivity contribution is 7.98. The summed E-state index contributed by atoms with van der Waals surface area (Å²) in [5.74, 6) is 1.99. The molecule has 30 heavy (non-hydrogen) atoms. The highest BCUT2D eigenvalue weighted by Crippen LogP contribution is 2.56. The molecule has 6 rings (SSSR count). The van der Waals surface area contributed by atoms with Gasteiger partial charge in [0.05, 0.1) is 10.5 Å². The van der Waals surface area contributed by atoms with Gasteiger partial charge in [-0.05, 0) is 100.0 Å². The van der Waals surface area contributed by atoms with Crippen LogP contribution in [0.1, 0.15) is 68.1 Å². The predicted molar refractivity (Wildman–Crippen MR) is 119 cm³/mol. The molecule has 1 aromatic rings. The first-order chi connectivity index (χ1) is 14.4. The third-order valence-electron chi connectivity index (χ3n) is 7.74. The Labute approximate surface area is 184 Å². The van der Waals surface area contributed by atoms with E-state index < -0.39 is 10.0 Å². The van der Waals surface area contributed by atoms with Crippen molar-refractivity contribution in [3.05, 3.63) is 23.8 Å². The van der Waals surface area contributed by atoms with Crippen molar-refractivity contribution in [3.63, 3.8) is 0 Å². The number of nitrogens with zero attached hydrogens (tertiary/aromatic N) is 1. The maximum absolute atomic E-state index is 13.4. The van der Waals surface area contributed by atoms with Gasteiger partial charge in [0, 0.05) is 23.5 Å². The Morgan fingerprint density at radius 3 is 2.20 bits per heavy atom. The van der Waals surface area contributed by atoms with Crippen LogP contribution in [0.2, 0.25) is 0 Å². The van der Waals surface area contributed by atoms with E-state index in [1.807, 2.05) is 11.2 Å². The van der Waals surface area contributed by atoms with Crippen molar-refractivity contribution < 1.29 is 13.2 Å². The number of carbonyl (C=O) groups excluding carboxylic acids is 1. The number of carbonyl (C=O) groups is 1. The Kier molecular flexibility index (Phi) is 5.43. The molecule has 5 fully saturated rings. The van der Waals surface area contributed by atoms with E-state index in [2.05, 4.69) is 4.72 Å². The Morgan fingerprint density at radius 2 is 1.63 bits per heavy atom. The van der Waals surface area contributed by atoms with E-state index in [4.69, 9.17) is 0 Å². The second-order valence-electron chi connectivity index (χ2n) is 10.0. The first-order valence-corrected chi connectivity index (χ1v) is 14.1. The van der Waals surface area contributed by atoms with Gasteiger partial charge < -0.3 is 4.90 Å². The fourth-order valence-corrected chi connectivity index (χ4v) is 8.90. The van der Waals surface area contributed by atoms with E-state index >= 15 is 0 Å². The van der Waals surface area contributed by atoms with Crippen LogP contribution in [0.3, 0.4) is 0 Å². The average Bonchev–Trinajstić information content (AvgIpc) is 2.71. The minimum absolute atomic E-state index is 0.0362. The minimum Gasteiger partial charge on any atom is -0.339 e. The zero-order valence-corrected chi connectivity index (χ0v) is 19.4. The molecule has 7 heteroatoms. The summed E-state index contributed by atoms with van der Waals surface area (Å²) in [6, 6.07) is 5.09. The molecule has 5 nitrogen and oxygen atoms in total. The van der Waals surface area contributed by atoms with Gasteiger partial charge in [0.25, 0.3) is 5.91 Å². The van der Waals surface area contributed by atoms with Gasteiger partial charge >= 0.3 is 0 Å². The van der Waals surface area contributed by atoms with Crippen LogP contribution in [-0.2, 0) is 10.0 Å². The molecule has 0 spiro atoms. The molecule has 1 heterocycles. The van der Waals surface area contributed by atoms with Gasteiger partial charge in [0.1, 0.15) is 0 Å². The molecule has 0 unspecified atom stereocenters. The summed E-state index contributed by atoms with van der Waals surface area (Å²) < 4.78 is 30.0. The van der Waals surface area contributed by atoms with Crippen LogP contribution in [0.5, 0.6) is 0 Å². The summed E-state index contributed by atoms with van der Waals surface area (Å²) in [7, 11) is -3.66. The fourth-order valence-electron chi connectivity index (χ4n) is 6.87. The van der Waals surface area contributed by atoms with Crippen molar-refractivity contribution in [2.75, 3.05) is 19.3 Å². The quantitative estimate of drug-likeness (QED) is 0.683. The van der Waals surface area contributed by atoms with Crippen molar-refractivity contribution >= 4 is 27.7 Å². The topological polar surface area (TPSA) is 66.5 Å². The zero-order chi connectivity index (χ0) is 20.9. The van der Waals surface area contributed by atoms with Gasteiger partial charge in [-0.25, -0.2) is 13.1 Å². The summed E-state index contributed by atoms with van der Waals surface area (Å²) in [4.78, 5) is 16.1. The third-order valence-corrected chi connectivity index (χ3v) is 10.1. The van der Waals surface area contributed by atoms with E-state index in [0.29, 0.717) is 23.3 Å². The average molecular weight is 449 g/mol. The third kappa shape index (κ3) is 3.82. The van der Waals surface area contributed by atoms with E-state index in [0.717, 1.165) is 56.5 Å². The highest BCUT2D eigenvalue weighted by Gasteiger charge is 2.52. The van der Waals surface area contributed by atoms with Gasteiger partial charge in [0.2, 0.25) is 10.0 Å². The molecule has 4 bridgehead atoms. The van der Waals surface area contributed by atoms with Crippen LogP contribution >= 0.6 is 11.8 Å². The van der Waals surface area contributed by atoms with Crippen LogP contribution in [0.4, 0.5) is 0 Å². The molecule has 1 aliphatic heterocycles. The van der Waals surface area contributed by atoms with E-state index in [1.165, 1.54) is 31.0 Å². The SMILES string of the molecule is CSc1ccc(S(=O)(=O)NC23CC4CC(CC(C4)C2)C3)cc1C(=O)N1CCCCC1. The Balaban J connectivity index is 1.42. The van der Waals surface area contributed by atoms with E-state index in [1.54, 1.807) is 18.2 Å². The van der Waals surface area contributed by atoms with Crippen LogP contribution in [0.25, 0.3) is 0 Å². The standard InChI is InChI=1S/C23H32N2O3S2/c1-29-21-6-5-19(12-20(21)22(26)25-7-3-2-4-8-25)30(27,28)24-23-13-16-9-17(14-23)11-18(10-16)15-23/h5-6,12,16-18,24H,2-4,7-11,13-15H2,1H3. The molecule has 4 saturated carbocycles. The molecule has 1 saturated heterocycles. The van der Waals surface area contributed by atoms with Crippen molar-refractivity contribution in [1.29, 1.82) is 0 Å². The van der Waals surface area contributed by atoms with Crippen LogP contribution in [-0.4, -0.2) is 44.1 Å². The first kappa shape index (κ1) is 20.8. The normalized spacial score (nSPS) is 33.1. The Bertz CT molecular complexity index is 902. The molecule has 164 valence electrons. The van der Waals surface area contributed by atoms with Gasteiger partial charge in [-0.3, -0.25) is 4.79 Å². The zero-order valence-electron chi connectivity index (χ0n) is 17.7. The largest absolute Gasteiger partial charge is 0.339 e. The van der Waals surface area contributed by atoms with Crippen LogP contribution in [0, 0.1) is 17.8 Å². The molecule has 1 aromatic carbocycles. The smallest absolute Gasteiger partial charge is 0.255 e. The number of rotatable bonds is 5. The Morgan fingerprint density at radius 1 is 1.03 bits per heavy atom. The van der Waals surface area contributed by atoms with Gasteiger partial charge in [-0.2, -0.15) is 0 Å². The van der Waals surface area contributed by atoms with Crippen molar-refractivity contribution in [3.8, 4) is 0 Å². The second-order valence-corrected chi connectivity index (χ2v) is 12.5. The maximum atomic E-state index is 13.4. The lowest BCUT2D eigenvalue weighted by atomic mass is 9.53. The number of likely N-dealkylation sites (tertiary alicyclic amines) is 1. The van der Waals surface area contributed by atoms with Crippen molar-refractivity contribution in [2.24, 2.45) is 17.8 Å². The number of thioether (sulfide) groups is 1. The molecule has 0 aromatic heterocycles. The minimum atomic E-state index is -3.66. The lowest BCUT2D eigenvalue weighted by Crippen LogP contribution is -2.59. The number of hydrogen-bond acceptors (Lipinski definition) is 4. The summed E-state index contributed by atoms with van der Waals surface area (Å²) in [5, 5.41) is 0. The maximum Gasteiger partial charge on any atom is 0.255 e. The summed E-state index contributed by atoms with van der Waals surface area (Å²) in [5.41, 5.74) is 0.251. The number of hydrogen-bond donors (Lipinski definition) is 1. The molecule has 1 amide bonds. The molecule has 1 N–H and O–H groups in total. The molecule has 4 aliphatic carbocycles. The molecular formula is C23H32N2O3S2. The number of piperidine rings is 1. The van der Waals surface area contributed by atoms with Gasteiger partial charge in [-0.1, -0.05) is 0 Å². The fraction of sp³-hybridized carbons (Fsp3) is 0.696. The molecule has 0 atom stereocenters. The number of benzene rings is 1. The molecular weight excluding hydrogens is 416 g/mol. The monoisotopic (exact) mass is 448 g/mol. The lowest BCUT2D eigenvalue weighted by molar-refractivity contribution is -0.00810. The summed E-state index contributed by atoms with van der Waals surface area (Å²) in [6.07, 6.45) is 11.9. The summed E-state index contributed by atoms with van der Waals surface area (Å²) >= 11 is 1.50. The number of nitrogens with one attached hydrogen (secondary N) is 1. The lowest BCUT2D eigenvalue weighted by Gasteiger charge is -2.56. The van der Waals surface area contributed by atoms with Crippen molar-refractivity contribution in [2.45, 2.75) is 73.1 Å². The first-order valence-electron chi connectivity index (χ1n) is 11.4. The molecule has 5 aliphatic rings. The second kappa shape index (κ2) is 7.82. The van der Waals surface area contributed by atoms with Gasteiger partial charge in [0.15, 0.2) is 0 Å². The van der Waals surface area contributed by atoms with Crippen LogP contribution < -0.4 is 4.72 Å². The molecule has 0 radical (unpaired) electrons. The predicted octanol–water partition coefficient (Wildman–Crippen LogP) is 4.28. The van der Waals surface area contributed by atoms with Gasteiger partial charge in [-0.15, -0.1) is 11.8 Å². The Hall–Kier alpha value is -1.05. The van der Waals surface area contributed by atoms with E-state index in [-0.39, 0.29) is 16.3 Å². The van der Waals surface area contributed by atoms with Crippen molar-refractivity contribution in [1.82, 2.24) is 9.62 Å². The number of amides is 1.